The molecule has 8 heteroatoms. The molecule has 23 heavy (non-hydrogen) atoms. The number of aromatic nitrogens is 4. The lowest BCUT2D eigenvalue weighted by molar-refractivity contribution is 0.0952. The van der Waals surface area contributed by atoms with Gasteiger partial charge in [0.25, 0.3) is 11.5 Å². The SMILES string of the molecule is Cc1oc2ncn(C)c(=O)c2c1C(=O)NCCCn1ccnc1. The van der Waals surface area contributed by atoms with E-state index in [2.05, 4.69) is 15.3 Å². The van der Waals surface area contributed by atoms with Crippen LogP contribution in [0.25, 0.3) is 11.1 Å². The summed E-state index contributed by atoms with van der Waals surface area (Å²) in [7, 11) is 1.59. The monoisotopic (exact) mass is 315 g/mol. The first-order chi connectivity index (χ1) is 11.1. The number of carbonyl (C=O) groups is 1. The number of hydrogen-bond acceptors (Lipinski definition) is 5. The maximum absolute atomic E-state index is 12.4. The summed E-state index contributed by atoms with van der Waals surface area (Å²) in [5.41, 5.74) is 0.154. The summed E-state index contributed by atoms with van der Waals surface area (Å²) in [6, 6.07) is 0. The molecule has 0 aromatic carbocycles. The molecule has 120 valence electrons. The van der Waals surface area contributed by atoms with E-state index in [1.807, 2.05) is 10.8 Å². The molecule has 0 aliphatic rings. The predicted octanol–water partition coefficient (Wildman–Crippen LogP) is 0.852. The number of furan rings is 1. The van der Waals surface area contributed by atoms with Crippen molar-refractivity contribution in [3.8, 4) is 0 Å². The Labute approximate surface area is 131 Å². The van der Waals surface area contributed by atoms with E-state index < -0.39 is 0 Å². The van der Waals surface area contributed by atoms with Gasteiger partial charge in [-0.05, 0) is 13.3 Å². The molecule has 3 aromatic rings. The number of imidazole rings is 1. The third kappa shape index (κ3) is 2.87. The van der Waals surface area contributed by atoms with Crippen LogP contribution in [0.4, 0.5) is 0 Å². The standard InChI is InChI=1S/C15H17N5O3/c1-10-11(12-14(23-10)18-9-19(2)15(12)22)13(21)17-4-3-6-20-7-5-16-8-20/h5,7-9H,3-4,6H2,1-2H3,(H,17,21). The first-order valence-corrected chi connectivity index (χ1v) is 7.26. The first-order valence-electron chi connectivity index (χ1n) is 7.26. The van der Waals surface area contributed by atoms with Crippen molar-refractivity contribution in [3.63, 3.8) is 0 Å². The zero-order chi connectivity index (χ0) is 16.4. The molecular weight excluding hydrogens is 298 g/mol. The molecule has 0 bridgehead atoms. The Kier molecular flexibility index (Phi) is 3.96. The van der Waals surface area contributed by atoms with Gasteiger partial charge in [-0.2, -0.15) is 0 Å². The summed E-state index contributed by atoms with van der Waals surface area (Å²) in [5, 5.41) is 3.04. The zero-order valence-electron chi connectivity index (χ0n) is 12.9. The zero-order valence-corrected chi connectivity index (χ0v) is 12.9. The van der Waals surface area contributed by atoms with Crippen LogP contribution in [0.5, 0.6) is 0 Å². The molecule has 0 fully saturated rings. The van der Waals surface area contributed by atoms with Gasteiger partial charge in [0, 0.05) is 32.5 Å². The maximum Gasteiger partial charge on any atom is 0.265 e. The van der Waals surface area contributed by atoms with Crippen molar-refractivity contribution in [2.24, 2.45) is 7.05 Å². The summed E-state index contributed by atoms with van der Waals surface area (Å²) >= 11 is 0. The third-order valence-corrected chi connectivity index (χ3v) is 3.61. The Morgan fingerprint density at radius 2 is 2.22 bits per heavy atom. The fraction of sp³-hybridized carbons (Fsp3) is 0.333. The molecule has 0 aliphatic heterocycles. The highest BCUT2D eigenvalue weighted by Crippen LogP contribution is 2.20. The van der Waals surface area contributed by atoms with Gasteiger partial charge in [0.05, 0.1) is 11.9 Å². The van der Waals surface area contributed by atoms with Gasteiger partial charge in [-0.1, -0.05) is 0 Å². The van der Waals surface area contributed by atoms with Crippen LogP contribution in [-0.2, 0) is 13.6 Å². The first kappa shape index (κ1) is 15.0. The molecule has 0 radical (unpaired) electrons. The summed E-state index contributed by atoms with van der Waals surface area (Å²) in [4.78, 5) is 32.6. The van der Waals surface area contributed by atoms with Crippen molar-refractivity contribution in [2.45, 2.75) is 19.9 Å². The summed E-state index contributed by atoms with van der Waals surface area (Å²) in [5.74, 6) is 0.0693. The van der Waals surface area contributed by atoms with E-state index in [0.717, 1.165) is 13.0 Å². The molecule has 0 saturated carbocycles. The molecule has 0 aliphatic carbocycles. The van der Waals surface area contributed by atoms with Gasteiger partial charge in [-0.25, -0.2) is 9.97 Å². The van der Waals surface area contributed by atoms with Crippen molar-refractivity contribution in [2.75, 3.05) is 6.54 Å². The van der Waals surface area contributed by atoms with Gasteiger partial charge < -0.3 is 18.9 Å². The highest BCUT2D eigenvalue weighted by molar-refractivity contribution is 6.06. The van der Waals surface area contributed by atoms with Gasteiger partial charge in [0.1, 0.15) is 17.5 Å². The van der Waals surface area contributed by atoms with Gasteiger partial charge in [-0.3, -0.25) is 9.59 Å². The van der Waals surface area contributed by atoms with E-state index in [4.69, 9.17) is 4.42 Å². The van der Waals surface area contributed by atoms with Crippen LogP contribution in [-0.4, -0.2) is 31.6 Å². The minimum atomic E-state index is -0.322. The highest BCUT2D eigenvalue weighted by atomic mass is 16.3. The van der Waals surface area contributed by atoms with Gasteiger partial charge in [0.15, 0.2) is 0 Å². The summed E-state index contributed by atoms with van der Waals surface area (Å²) in [6.45, 7) is 2.90. The van der Waals surface area contributed by atoms with E-state index in [9.17, 15) is 9.59 Å². The molecule has 3 heterocycles. The van der Waals surface area contributed by atoms with Crippen LogP contribution in [0.1, 0.15) is 22.5 Å². The molecule has 1 amide bonds. The lowest BCUT2D eigenvalue weighted by atomic mass is 10.2. The Hall–Kier alpha value is -2.90. The number of nitrogens with zero attached hydrogens (tertiary/aromatic N) is 4. The fourth-order valence-corrected chi connectivity index (χ4v) is 2.43. The van der Waals surface area contributed by atoms with E-state index in [0.29, 0.717) is 12.3 Å². The Morgan fingerprint density at radius 1 is 1.39 bits per heavy atom. The number of amides is 1. The number of hydrogen-bond donors (Lipinski definition) is 1. The van der Waals surface area contributed by atoms with Crippen molar-refractivity contribution in [1.82, 2.24) is 24.4 Å². The second-order valence-corrected chi connectivity index (χ2v) is 5.28. The van der Waals surface area contributed by atoms with Crippen molar-refractivity contribution in [1.29, 1.82) is 0 Å². The average Bonchev–Trinajstić information content (AvgIpc) is 3.14. The molecule has 8 nitrogen and oxygen atoms in total. The van der Waals surface area contributed by atoms with E-state index in [-0.39, 0.29) is 28.1 Å². The average molecular weight is 315 g/mol. The number of aryl methyl sites for hydroxylation is 3. The van der Waals surface area contributed by atoms with Gasteiger partial charge >= 0.3 is 0 Å². The number of nitrogens with one attached hydrogen (secondary N) is 1. The van der Waals surface area contributed by atoms with Crippen molar-refractivity contribution >= 4 is 17.0 Å². The Balaban J connectivity index is 1.74. The molecular formula is C15H17N5O3. The largest absolute Gasteiger partial charge is 0.442 e. The van der Waals surface area contributed by atoms with Crippen LogP contribution in [0.2, 0.25) is 0 Å². The van der Waals surface area contributed by atoms with E-state index in [1.54, 1.807) is 26.5 Å². The van der Waals surface area contributed by atoms with E-state index >= 15 is 0 Å². The topological polar surface area (TPSA) is 95.0 Å². The van der Waals surface area contributed by atoms with Crippen molar-refractivity contribution in [3.05, 3.63) is 46.7 Å². The van der Waals surface area contributed by atoms with Crippen LogP contribution in [0, 0.1) is 6.92 Å². The van der Waals surface area contributed by atoms with Crippen LogP contribution in [0.15, 0.2) is 34.3 Å². The Morgan fingerprint density at radius 3 is 2.96 bits per heavy atom. The quantitative estimate of drug-likeness (QED) is 0.704. The van der Waals surface area contributed by atoms with E-state index in [1.165, 1.54) is 10.9 Å². The van der Waals surface area contributed by atoms with Crippen LogP contribution >= 0.6 is 0 Å². The summed E-state index contributed by atoms with van der Waals surface area (Å²) in [6.07, 6.45) is 7.44. The van der Waals surface area contributed by atoms with Gasteiger partial charge in [0.2, 0.25) is 5.71 Å². The Bertz CT molecular complexity index is 892. The fourth-order valence-electron chi connectivity index (χ4n) is 2.43. The third-order valence-electron chi connectivity index (χ3n) is 3.61. The molecule has 0 spiro atoms. The molecule has 3 rings (SSSR count). The van der Waals surface area contributed by atoms with Crippen molar-refractivity contribution < 1.29 is 9.21 Å². The smallest absolute Gasteiger partial charge is 0.265 e. The number of fused-ring (bicyclic) bond motifs is 1. The molecule has 0 atom stereocenters. The minimum Gasteiger partial charge on any atom is -0.442 e. The molecule has 1 N–H and O–H groups in total. The lowest BCUT2D eigenvalue weighted by Crippen LogP contribution is -2.27. The molecule has 0 unspecified atom stereocenters. The van der Waals surface area contributed by atoms with Crippen LogP contribution in [0.3, 0.4) is 0 Å². The second kappa shape index (κ2) is 6.07. The predicted molar refractivity (Wildman–Crippen MR) is 83.2 cm³/mol. The van der Waals surface area contributed by atoms with Gasteiger partial charge in [-0.15, -0.1) is 0 Å². The number of carbonyl (C=O) groups excluding carboxylic acids is 1. The van der Waals surface area contributed by atoms with Crippen LogP contribution < -0.4 is 10.9 Å². The minimum absolute atomic E-state index is 0.189. The normalized spacial score (nSPS) is 11.0. The maximum atomic E-state index is 12.4. The lowest BCUT2D eigenvalue weighted by Gasteiger charge is -2.05. The second-order valence-electron chi connectivity index (χ2n) is 5.28. The summed E-state index contributed by atoms with van der Waals surface area (Å²) < 4.78 is 8.68. The molecule has 3 aromatic heterocycles. The number of rotatable bonds is 5. The highest BCUT2D eigenvalue weighted by Gasteiger charge is 2.21. The molecule has 0 saturated heterocycles.